The van der Waals surface area contributed by atoms with E-state index in [0.29, 0.717) is 6.42 Å². The summed E-state index contributed by atoms with van der Waals surface area (Å²) in [5, 5.41) is 10.0. The van der Waals surface area contributed by atoms with Gasteiger partial charge in [0.25, 0.3) is 0 Å². The van der Waals surface area contributed by atoms with Crippen LogP contribution in [0.5, 0.6) is 0 Å². The van der Waals surface area contributed by atoms with E-state index in [9.17, 15) is 13.2 Å². The van der Waals surface area contributed by atoms with Gasteiger partial charge in [0, 0.05) is 11.4 Å². The van der Waals surface area contributed by atoms with Crippen LogP contribution in [0.15, 0.2) is 16.3 Å². The zero-order valence-electron chi connectivity index (χ0n) is 8.93. The maximum Gasteiger partial charge on any atom is 0.345 e. The van der Waals surface area contributed by atoms with Gasteiger partial charge in [0.05, 0.1) is 4.90 Å². The molecule has 0 fully saturated rings. The van der Waals surface area contributed by atoms with Crippen LogP contribution in [0.2, 0.25) is 0 Å². The molecule has 0 spiro atoms. The molecule has 90 valence electrons. The van der Waals surface area contributed by atoms with Crippen molar-refractivity contribution in [2.75, 3.05) is 0 Å². The predicted molar refractivity (Wildman–Crippen MR) is 61.4 cm³/mol. The van der Waals surface area contributed by atoms with Gasteiger partial charge in [0.2, 0.25) is 10.0 Å². The lowest BCUT2D eigenvalue weighted by Crippen LogP contribution is -2.31. The largest absolute Gasteiger partial charge is 0.477 e. The van der Waals surface area contributed by atoms with Gasteiger partial charge in [-0.3, -0.25) is 0 Å². The van der Waals surface area contributed by atoms with Crippen LogP contribution in [-0.2, 0) is 10.0 Å². The van der Waals surface area contributed by atoms with Crippen LogP contribution in [0.1, 0.15) is 29.9 Å². The van der Waals surface area contributed by atoms with Crippen molar-refractivity contribution in [3.8, 4) is 0 Å². The summed E-state index contributed by atoms with van der Waals surface area (Å²) in [6.45, 7) is 3.62. The van der Waals surface area contributed by atoms with Crippen LogP contribution in [0.3, 0.4) is 0 Å². The molecule has 0 aliphatic heterocycles. The van der Waals surface area contributed by atoms with E-state index in [-0.39, 0.29) is 15.8 Å². The fraction of sp³-hybridized carbons (Fsp3) is 0.444. The zero-order chi connectivity index (χ0) is 12.3. The van der Waals surface area contributed by atoms with Crippen LogP contribution in [-0.4, -0.2) is 25.5 Å². The number of sulfonamides is 1. The highest BCUT2D eigenvalue weighted by atomic mass is 32.2. The number of carboxylic acids is 1. The third kappa shape index (κ3) is 3.03. The van der Waals surface area contributed by atoms with E-state index >= 15 is 0 Å². The lowest BCUT2D eigenvalue weighted by atomic mass is 10.3. The summed E-state index contributed by atoms with van der Waals surface area (Å²) in [5.74, 6) is -1.12. The first-order valence-corrected chi connectivity index (χ1v) is 7.07. The van der Waals surface area contributed by atoms with Gasteiger partial charge in [0.1, 0.15) is 4.88 Å². The van der Waals surface area contributed by atoms with Crippen LogP contribution < -0.4 is 4.72 Å². The monoisotopic (exact) mass is 263 g/mol. The van der Waals surface area contributed by atoms with E-state index in [4.69, 9.17) is 5.11 Å². The number of thiophene rings is 1. The van der Waals surface area contributed by atoms with E-state index in [0.717, 1.165) is 17.4 Å². The highest BCUT2D eigenvalue weighted by Gasteiger charge is 2.19. The number of hydrogen-bond donors (Lipinski definition) is 2. The van der Waals surface area contributed by atoms with E-state index in [1.807, 2.05) is 6.92 Å². The van der Waals surface area contributed by atoms with Gasteiger partial charge in [-0.25, -0.2) is 17.9 Å². The van der Waals surface area contributed by atoms with Gasteiger partial charge in [-0.05, 0) is 19.4 Å². The van der Waals surface area contributed by atoms with Crippen molar-refractivity contribution < 1.29 is 18.3 Å². The molecule has 1 atom stereocenters. The van der Waals surface area contributed by atoms with Crippen molar-refractivity contribution in [3.63, 3.8) is 0 Å². The fourth-order valence-electron chi connectivity index (χ4n) is 0.988. The van der Waals surface area contributed by atoms with E-state index in [2.05, 4.69) is 4.72 Å². The molecule has 0 amide bonds. The topological polar surface area (TPSA) is 83.5 Å². The number of carboxylic acid groups (broad SMARTS) is 1. The van der Waals surface area contributed by atoms with E-state index in [1.54, 1.807) is 6.92 Å². The summed E-state index contributed by atoms with van der Waals surface area (Å²) in [5.41, 5.74) is 0. The molecule has 0 bridgehead atoms. The number of nitrogens with one attached hydrogen (secondary N) is 1. The minimum absolute atomic E-state index is 0.00944. The Morgan fingerprint density at radius 3 is 2.69 bits per heavy atom. The van der Waals surface area contributed by atoms with Crippen LogP contribution in [0.25, 0.3) is 0 Å². The highest BCUT2D eigenvalue weighted by Crippen LogP contribution is 2.19. The molecule has 0 aliphatic rings. The number of hydrogen-bond acceptors (Lipinski definition) is 4. The standard InChI is InChI=1S/C9H13NO4S2/c1-3-6(2)10-16(13,14)7-4-8(9(11)12)15-5-7/h4-6,10H,3H2,1-2H3,(H,11,12)/t6-/m1/s1. The van der Waals surface area contributed by atoms with Crippen LogP contribution in [0.4, 0.5) is 0 Å². The third-order valence-corrected chi connectivity index (χ3v) is 4.70. The minimum Gasteiger partial charge on any atom is -0.477 e. The third-order valence-electron chi connectivity index (χ3n) is 2.07. The van der Waals surface area contributed by atoms with Crippen molar-refractivity contribution in [1.29, 1.82) is 0 Å². The van der Waals surface area contributed by atoms with Gasteiger partial charge in [-0.2, -0.15) is 0 Å². The number of aromatic carboxylic acids is 1. The molecule has 7 heteroatoms. The second-order valence-corrected chi connectivity index (χ2v) is 6.01. The average Bonchev–Trinajstić information content (AvgIpc) is 2.66. The van der Waals surface area contributed by atoms with Crippen molar-refractivity contribution >= 4 is 27.3 Å². The molecule has 1 aromatic heterocycles. The minimum atomic E-state index is -3.59. The second-order valence-electron chi connectivity index (χ2n) is 3.38. The summed E-state index contributed by atoms with van der Waals surface area (Å²) in [4.78, 5) is 10.6. The summed E-state index contributed by atoms with van der Waals surface area (Å²) in [6.07, 6.45) is 0.676. The summed E-state index contributed by atoms with van der Waals surface area (Å²) >= 11 is 0.900. The van der Waals surface area contributed by atoms with Crippen molar-refractivity contribution in [2.45, 2.75) is 31.2 Å². The van der Waals surface area contributed by atoms with Crippen LogP contribution in [0, 0.1) is 0 Å². The van der Waals surface area contributed by atoms with Gasteiger partial charge < -0.3 is 5.11 Å². The van der Waals surface area contributed by atoms with Crippen molar-refractivity contribution in [3.05, 3.63) is 16.3 Å². The van der Waals surface area contributed by atoms with Gasteiger partial charge >= 0.3 is 5.97 Å². The molecular weight excluding hydrogens is 250 g/mol. The van der Waals surface area contributed by atoms with Gasteiger partial charge in [-0.15, -0.1) is 11.3 Å². The summed E-state index contributed by atoms with van der Waals surface area (Å²) in [7, 11) is -3.59. The Labute approximate surface area is 98.2 Å². The highest BCUT2D eigenvalue weighted by molar-refractivity contribution is 7.89. The quantitative estimate of drug-likeness (QED) is 0.843. The van der Waals surface area contributed by atoms with Gasteiger partial charge in [0.15, 0.2) is 0 Å². The molecule has 0 aliphatic carbocycles. The summed E-state index contributed by atoms with van der Waals surface area (Å²) in [6, 6.07) is 0.996. The molecule has 5 nitrogen and oxygen atoms in total. The molecule has 0 unspecified atom stereocenters. The SMILES string of the molecule is CC[C@@H](C)NS(=O)(=O)c1csc(C(=O)O)c1. The molecule has 1 rings (SSSR count). The molecule has 2 N–H and O–H groups in total. The first-order chi connectivity index (χ1) is 7.36. The lowest BCUT2D eigenvalue weighted by molar-refractivity contribution is 0.0702. The second kappa shape index (κ2) is 4.94. The molecule has 16 heavy (non-hydrogen) atoms. The van der Waals surface area contributed by atoms with Gasteiger partial charge in [-0.1, -0.05) is 6.92 Å². The molecule has 1 aromatic rings. The first kappa shape index (κ1) is 13.1. The molecule has 0 radical (unpaired) electrons. The normalized spacial score (nSPS) is 13.6. The van der Waals surface area contributed by atoms with E-state index < -0.39 is 16.0 Å². The summed E-state index contributed by atoms with van der Waals surface area (Å²) < 4.78 is 25.9. The molecular formula is C9H13NO4S2. The van der Waals surface area contributed by atoms with Crippen LogP contribution >= 0.6 is 11.3 Å². The van der Waals surface area contributed by atoms with Crippen molar-refractivity contribution in [2.24, 2.45) is 0 Å². The van der Waals surface area contributed by atoms with E-state index in [1.165, 1.54) is 5.38 Å². The molecule has 0 aromatic carbocycles. The maximum atomic E-state index is 11.7. The lowest BCUT2D eigenvalue weighted by Gasteiger charge is -2.10. The zero-order valence-corrected chi connectivity index (χ0v) is 10.6. The number of carbonyl (C=O) groups is 1. The van der Waals surface area contributed by atoms with Crippen molar-refractivity contribution in [1.82, 2.24) is 4.72 Å². The Bertz CT molecular complexity index is 477. The number of rotatable bonds is 5. The Balaban J connectivity index is 2.94. The Hall–Kier alpha value is -0.920. The molecule has 1 heterocycles. The predicted octanol–water partition coefficient (Wildman–Crippen LogP) is 1.52. The smallest absolute Gasteiger partial charge is 0.345 e. The molecule has 0 saturated heterocycles. The fourth-order valence-corrected chi connectivity index (χ4v) is 3.43. The first-order valence-electron chi connectivity index (χ1n) is 4.71. The Morgan fingerprint density at radius 2 is 2.25 bits per heavy atom. The average molecular weight is 263 g/mol. The molecule has 0 saturated carbocycles. The Morgan fingerprint density at radius 1 is 1.62 bits per heavy atom. The Kier molecular flexibility index (Phi) is 4.06. The maximum absolute atomic E-state index is 11.7.